The lowest BCUT2D eigenvalue weighted by atomic mass is 10.1. The van der Waals surface area contributed by atoms with Crippen LogP contribution in [0.4, 0.5) is 4.39 Å². The lowest BCUT2D eigenvalue weighted by Gasteiger charge is -1.99. The van der Waals surface area contributed by atoms with Gasteiger partial charge in [-0.3, -0.25) is 9.78 Å². The lowest BCUT2D eigenvalue weighted by Crippen LogP contribution is -2.21. The summed E-state index contributed by atoms with van der Waals surface area (Å²) in [5, 5.41) is 0. The Bertz CT molecular complexity index is 572. The van der Waals surface area contributed by atoms with Crippen molar-refractivity contribution in [1.29, 1.82) is 0 Å². The maximum atomic E-state index is 12.9. The third kappa shape index (κ3) is 2.01. The average molecular weight is 206 g/mol. The minimum atomic E-state index is -0.609. The van der Waals surface area contributed by atoms with Gasteiger partial charge in [-0.25, -0.2) is 9.18 Å². The molecule has 2 aromatic rings. The average Bonchev–Trinajstić information content (AvgIpc) is 2.16. The van der Waals surface area contributed by atoms with Crippen molar-refractivity contribution in [3.8, 4) is 11.3 Å². The molecule has 0 aliphatic carbocycles. The molecular weight excluding hydrogens is 199 g/mol. The second kappa shape index (κ2) is 3.53. The topological polar surface area (TPSA) is 65.7 Å². The van der Waals surface area contributed by atoms with Gasteiger partial charge in [-0.05, 0) is 12.1 Å². The van der Waals surface area contributed by atoms with Crippen molar-refractivity contribution in [3.63, 3.8) is 0 Å². The van der Waals surface area contributed by atoms with Crippen LogP contribution in [0.3, 0.4) is 0 Å². The van der Waals surface area contributed by atoms with Gasteiger partial charge >= 0.3 is 5.69 Å². The van der Waals surface area contributed by atoms with Crippen LogP contribution in [-0.2, 0) is 0 Å². The highest BCUT2D eigenvalue weighted by atomic mass is 19.1. The Morgan fingerprint density at radius 2 is 1.87 bits per heavy atom. The van der Waals surface area contributed by atoms with Gasteiger partial charge in [0.05, 0.1) is 5.69 Å². The summed E-state index contributed by atoms with van der Waals surface area (Å²) in [6.07, 6.45) is 0. The molecule has 2 rings (SSSR count). The van der Waals surface area contributed by atoms with Gasteiger partial charge in [0.15, 0.2) is 0 Å². The van der Waals surface area contributed by atoms with E-state index in [0.29, 0.717) is 11.3 Å². The number of hydrogen-bond donors (Lipinski definition) is 2. The van der Waals surface area contributed by atoms with Crippen molar-refractivity contribution in [2.45, 2.75) is 0 Å². The SMILES string of the molecule is O=c1cc(-c2cccc(F)c2)[nH]c(=O)[nH]1. The molecule has 0 unspecified atom stereocenters. The Labute approximate surface area is 83.4 Å². The quantitative estimate of drug-likeness (QED) is 0.727. The summed E-state index contributed by atoms with van der Waals surface area (Å²) in [6, 6.07) is 6.84. The zero-order chi connectivity index (χ0) is 10.8. The van der Waals surface area contributed by atoms with E-state index in [2.05, 4.69) is 4.98 Å². The fourth-order valence-corrected chi connectivity index (χ4v) is 1.28. The van der Waals surface area contributed by atoms with E-state index < -0.39 is 17.1 Å². The maximum Gasteiger partial charge on any atom is 0.326 e. The van der Waals surface area contributed by atoms with Gasteiger partial charge in [-0.2, -0.15) is 0 Å². The zero-order valence-electron chi connectivity index (χ0n) is 7.58. The molecule has 5 heteroatoms. The molecule has 0 bridgehead atoms. The van der Waals surface area contributed by atoms with E-state index in [1.807, 2.05) is 4.98 Å². The number of aromatic amines is 2. The normalized spacial score (nSPS) is 10.2. The largest absolute Gasteiger partial charge is 0.326 e. The predicted molar refractivity (Wildman–Crippen MR) is 53.1 cm³/mol. The number of rotatable bonds is 1. The smallest absolute Gasteiger partial charge is 0.307 e. The van der Waals surface area contributed by atoms with Gasteiger partial charge in [0.2, 0.25) is 0 Å². The van der Waals surface area contributed by atoms with Crippen LogP contribution in [0.5, 0.6) is 0 Å². The van der Waals surface area contributed by atoms with E-state index in [-0.39, 0.29) is 0 Å². The summed E-state index contributed by atoms with van der Waals surface area (Å²) in [4.78, 5) is 26.4. The monoisotopic (exact) mass is 206 g/mol. The summed E-state index contributed by atoms with van der Waals surface area (Å²) in [5.41, 5.74) is -0.374. The van der Waals surface area contributed by atoms with E-state index in [1.165, 1.54) is 24.3 Å². The number of nitrogens with one attached hydrogen (secondary N) is 2. The second-order valence-electron chi connectivity index (χ2n) is 3.01. The zero-order valence-corrected chi connectivity index (χ0v) is 7.58. The molecule has 0 saturated carbocycles. The van der Waals surface area contributed by atoms with Gasteiger partial charge in [0.25, 0.3) is 5.56 Å². The summed E-state index contributed by atoms with van der Waals surface area (Å²) in [7, 11) is 0. The molecule has 0 fully saturated rings. The van der Waals surface area contributed by atoms with Gasteiger partial charge in [0.1, 0.15) is 5.82 Å². The number of aromatic nitrogens is 2. The van der Waals surface area contributed by atoms with Crippen molar-refractivity contribution < 1.29 is 4.39 Å². The van der Waals surface area contributed by atoms with Crippen molar-refractivity contribution in [3.05, 3.63) is 57.0 Å². The first-order valence-corrected chi connectivity index (χ1v) is 4.25. The van der Waals surface area contributed by atoms with Crippen molar-refractivity contribution >= 4 is 0 Å². The Hall–Kier alpha value is -2.17. The van der Waals surface area contributed by atoms with E-state index in [1.54, 1.807) is 6.07 Å². The number of halogens is 1. The van der Waals surface area contributed by atoms with Crippen LogP contribution in [-0.4, -0.2) is 9.97 Å². The fourth-order valence-electron chi connectivity index (χ4n) is 1.28. The number of H-pyrrole nitrogens is 2. The van der Waals surface area contributed by atoms with Gasteiger partial charge in [-0.15, -0.1) is 0 Å². The van der Waals surface area contributed by atoms with Crippen LogP contribution in [0.15, 0.2) is 39.9 Å². The molecule has 0 radical (unpaired) electrons. The molecule has 1 aromatic heterocycles. The highest BCUT2D eigenvalue weighted by Gasteiger charge is 2.01. The second-order valence-corrected chi connectivity index (χ2v) is 3.01. The van der Waals surface area contributed by atoms with Crippen molar-refractivity contribution in [1.82, 2.24) is 9.97 Å². The molecule has 2 N–H and O–H groups in total. The van der Waals surface area contributed by atoms with E-state index in [9.17, 15) is 14.0 Å². The standard InChI is InChI=1S/C10H7FN2O2/c11-7-3-1-2-6(4-7)8-5-9(14)13-10(15)12-8/h1-5H,(H2,12,13,14,15). The molecule has 15 heavy (non-hydrogen) atoms. The van der Waals surface area contributed by atoms with E-state index in [0.717, 1.165) is 0 Å². The first-order chi connectivity index (χ1) is 7.15. The third-order valence-corrected chi connectivity index (χ3v) is 1.90. The summed E-state index contributed by atoms with van der Waals surface area (Å²) < 4.78 is 12.9. The summed E-state index contributed by atoms with van der Waals surface area (Å²) in [5.74, 6) is -0.423. The van der Waals surface area contributed by atoms with Crippen molar-refractivity contribution in [2.75, 3.05) is 0 Å². The molecule has 4 nitrogen and oxygen atoms in total. The third-order valence-electron chi connectivity index (χ3n) is 1.90. The van der Waals surface area contributed by atoms with Gasteiger partial charge in [0, 0.05) is 11.6 Å². The minimum absolute atomic E-state index is 0.295. The van der Waals surface area contributed by atoms with Crippen LogP contribution in [0.25, 0.3) is 11.3 Å². The molecule has 0 spiro atoms. The molecular formula is C10H7FN2O2. The molecule has 76 valence electrons. The summed E-state index contributed by atoms with van der Waals surface area (Å²) in [6.45, 7) is 0. The fraction of sp³-hybridized carbons (Fsp3) is 0. The van der Waals surface area contributed by atoms with Crippen molar-refractivity contribution in [2.24, 2.45) is 0 Å². The van der Waals surface area contributed by atoms with Gasteiger partial charge < -0.3 is 4.98 Å². The highest BCUT2D eigenvalue weighted by Crippen LogP contribution is 2.14. The van der Waals surface area contributed by atoms with Crippen LogP contribution < -0.4 is 11.2 Å². The van der Waals surface area contributed by atoms with Crippen LogP contribution in [0.1, 0.15) is 0 Å². The number of benzene rings is 1. The van der Waals surface area contributed by atoms with E-state index >= 15 is 0 Å². The molecule has 0 amide bonds. The molecule has 1 heterocycles. The van der Waals surface area contributed by atoms with Crippen LogP contribution in [0.2, 0.25) is 0 Å². The molecule has 0 atom stereocenters. The minimum Gasteiger partial charge on any atom is -0.307 e. The molecule has 0 aliphatic rings. The molecule has 0 saturated heterocycles. The summed E-state index contributed by atoms with van der Waals surface area (Å²) >= 11 is 0. The first-order valence-electron chi connectivity index (χ1n) is 4.25. The Kier molecular flexibility index (Phi) is 2.21. The van der Waals surface area contributed by atoms with E-state index in [4.69, 9.17) is 0 Å². The highest BCUT2D eigenvalue weighted by molar-refractivity contribution is 5.57. The predicted octanol–water partition coefficient (Wildman–Crippen LogP) is 0.869. The van der Waals surface area contributed by atoms with Gasteiger partial charge in [-0.1, -0.05) is 12.1 Å². The first kappa shape index (κ1) is 9.39. The Morgan fingerprint density at radius 3 is 2.53 bits per heavy atom. The lowest BCUT2D eigenvalue weighted by molar-refractivity contribution is 0.628. The Morgan fingerprint density at radius 1 is 1.07 bits per heavy atom. The Balaban J connectivity index is 2.64. The molecule has 1 aromatic carbocycles. The maximum absolute atomic E-state index is 12.9. The molecule has 0 aliphatic heterocycles. The van der Waals surface area contributed by atoms with Crippen LogP contribution >= 0.6 is 0 Å². The number of hydrogen-bond acceptors (Lipinski definition) is 2. The van der Waals surface area contributed by atoms with Crippen LogP contribution in [0, 0.1) is 5.82 Å².